The van der Waals surface area contributed by atoms with Crippen LogP contribution in [0.3, 0.4) is 0 Å². The van der Waals surface area contributed by atoms with Crippen LogP contribution in [0.2, 0.25) is 0 Å². The molecule has 0 saturated carbocycles. The van der Waals surface area contributed by atoms with E-state index in [-0.39, 0.29) is 23.9 Å². The number of carbonyl (C=O) groups excluding carboxylic acids is 2. The minimum absolute atomic E-state index is 0.0178. The zero-order chi connectivity index (χ0) is 17.6. The van der Waals surface area contributed by atoms with Gasteiger partial charge >= 0.3 is 0 Å². The molecule has 25 heavy (non-hydrogen) atoms. The minimum Gasteiger partial charge on any atom is -0.466 e. The summed E-state index contributed by atoms with van der Waals surface area (Å²) < 4.78 is 5.53. The van der Waals surface area contributed by atoms with Gasteiger partial charge in [0.05, 0.1) is 17.6 Å². The quantitative estimate of drug-likeness (QED) is 0.844. The lowest BCUT2D eigenvalue weighted by Crippen LogP contribution is -2.53. The predicted molar refractivity (Wildman–Crippen MR) is 94.6 cm³/mol. The first kappa shape index (κ1) is 15.9. The highest BCUT2D eigenvalue weighted by Crippen LogP contribution is 2.35. The van der Waals surface area contributed by atoms with E-state index in [0.29, 0.717) is 24.3 Å². The summed E-state index contributed by atoms with van der Waals surface area (Å²) in [4.78, 5) is 29.4. The summed E-state index contributed by atoms with van der Waals surface area (Å²) in [6, 6.07) is 11.7. The number of nitrogens with zero attached hydrogens (tertiary/aromatic N) is 2. The number of rotatable bonds is 2. The number of anilines is 1. The van der Waals surface area contributed by atoms with Gasteiger partial charge in [-0.15, -0.1) is 0 Å². The van der Waals surface area contributed by atoms with E-state index in [1.165, 1.54) is 0 Å². The molecule has 130 valence electrons. The number of para-hydroxylation sites is 1. The molecule has 2 amide bonds. The monoisotopic (exact) mass is 338 g/mol. The molecule has 2 fully saturated rings. The molecule has 2 saturated heterocycles. The van der Waals surface area contributed by atoms with Crippen LogP contribution >= 0.6 is 0 Å². The molecule has 5 nitrogen and oxygen atoms in total. The fraction of sp³-hybridized carbons (Fsp3) is 0.400. The zero-order valence-electron chi connectivity index (χ0n) is 14.6. The zero-order valence-corrected chi connectivity index (χ0v) is 14.6. The Morgan fingerprint density at radius 2 is 1.88 bits per heavy atom. The fourth-order valence-corrected chi connectivity index (χ4v) is 4.24. The highest BCUT2D eigenvalue weighted by Gasteiger charge is 2.45. The maximum absolute atomic E-state index is 13.0. The van der Waals surface area contributed by atoms with Gasteiger partial charge in [0.15, 0.2) is 0 Å². The third kappa shape index (κ3) is 2.64. The number of fused-ring (bicyclic) bond motifs is 1. The van der Waals surface area contributed by atoms with Gasteiger partial charge in [-0.05, 0) is 44.9 Å². The molecule has 0 aliphatic carbocycles. The number of furan rings is 1. The fourth-order valence-electron chi connectivity index (χ4n) is 4.24. The lowest BCUT2D eigenvalue weighted by Gasteiger charge is -2.39. The first-order valence-electron chi connectivity index (χ1n) is 8.81. The molecule has 4 rings (SSSR count). The summed E-state index contributed by atoms with van der Waals surface area (Å²) in [5.74, 6) is 1.58. The molecule has 0 unspecified atom stereocenters. The van der Waals surface area contributed by atoms with Gasteiger partial charge in [-0.25, -0.2) is 0 Å². The van der Waals surface area contributed by atoms with Crippen LogP contribution in [0.4, 0.5) is 5.69 Å². The molecular formula is C20H22N2O3. The van der Waals surface area contributed by atoms with Crippen LogP contribution in [0.5, 0.6) is 0 Å². The SMILES string of the molecule is Cc1cc(C(=O)N2CC[C@@H]3[C@H]2CCC(=O)N3c2ccccc2)c(C)o1. The van der Waals surface area contributed by atoms with Gasteiger partial charge in [-0.1, -0.05) is 18.2 Å². The Hall–Kier alpha value is -2.56. The summed E-state index contributed by atoms with van der Waals surface area (Å²) in [6.45, 7) is 4.36. The van der Waals surface area contributed by atoms with Crippen molar-refractivity contribution in [2.75, 3.05) is 11.4 Å². The normalized spacial score (nSPS) is 23.0. The second-order valence-electron chi connectivity index (χ2n) is 6.89. The molecule has 2 aliphatic heterocycles. The van der Waals surface area contributed by atoms with E-state index in [1.807, 2.05) is 60.0 Å². The third-order valence-electron chi connectivity index (χ3n) is 5.33. The standard InChI is InChI=1S/C20H22N2O3/c1-13-12-16(14(2)25-13)20(24)21-11-10-18-17(21)8-9-19(23)22(18)15-6-4-3-5-7-15/h3-7,12,17-18H,8-11H2,1-2H3/t17-,18-/m1/s1. The smallest absolute Gasteiger partial charge is 0.257 e. The maximum atomic E-state index is 13.0. The molecule has 2 aromatic rings. The topological polar surface area (TPSA) is 53.8 Å². The van der Waals surface area contributed by atoms with Crippen molar-refractivity contribution in [3.05, 3.63) is 53.5 Å². The number of aryl methyl sites for hydroxylation is 2. The Kier molecular flexibility index (Phi) is 3.86. The van der Waals surface area contributed by atoms with E-state index in [2.05, 4.69) is 0 Å². The van der Waals surface area contributed by atoms with Crippen molar-refractivity contribution in [2.24, 2.45) is 0 Å². The van der Waals surface area contributed by atoms with E-state index in [9.17, 15) is 9.59 Å². The van der Waals surface area contributed by atoms with Crippen molar-refractivity contribution in [3.63, 3.8) is 0 Å². The van der Waals surface area contributed by atoms with Crippen LogP contribution in [0.15, 0.2) is 40.8 Å². The number of benzene rings is 1. The second-order valence-corrected chi connectivity index (χ2v) is 6.89. The van der Waals surface area contributed by atoms with Gasteiger partial charge in [-0.3, -0.25) is 9.59 Å². The number of carbonyl (C=O) groups is 2. The van der Waals surface area contributed by atoms with Gasteiger partial charge in [-0.2, -0.15) is 0 Å². The van der Waals surface area contributed by atoms with Crippen molar-refractivity contribution in [3.8, 4) is 0 Å². The van der Waals surface area contributed by atoms with Crippen LogP contribution in [0, 0.1) is 13.8 Å². The molecule has 2 aliphatic rings. The van der Waals surface area contributed by atoms with Crippen molar-refractivity contribution < 1.29 is 14.0 Å². The van der Waals surface area contributed by atoms with Crippen molar-refractivity contribution in [1.82, 2.24) is 4.90 Å². The summed E-state index contributed by atoms with van der Waals surface area (Å²) in [6.07, 6.45) is 2.02. The first-order chi connectivity index (χ1) is 12.1. The van der Waals surface area contributed by atoms with Gasteiger partial charge < -0.3 is 14.2 Å². The number of likely N-dealkylation sites (tertiary alicyclic amines) is 1. The predicted octanol–water partition coefficient (Wildman–Crippen LogP) is 3.31. The van der Waals surface area contributed by atoms with Gasteiger partial charge in [0, 0.05) is 18.7 Å². The van der Waals surface area contributed by atoms with E-state index >= 15 is 0 Å². The molecule has 1 aromatic carbocycles. The van der Waals surface area contributed by atoms with Gasteiger partial charge in [0.25, 0.3) is 5.91 Å². The van der Waals surface area contributed by atoms with Crippen LogP contribution < -0.4 is 4.90 Å². The number of piperidine rings is 1. The van der Waals surface area contributed by atoms with Crippen LogP contribution in [-0.2, 0) is 4.79 Å². The van der Waals surface area contributed by atoms with Crippen LogP contribution in [0.25, 0.3) is 0 Å². The highest BCUT2D eigenvalue weighted by molar-refractivity contribution is 5.98. The average Bonchev–Trinajstić information content (AvgIpc) is 3.17. The van der Waals surface area contributed by atoms with Gasteiger partial charge in [0.2, 0.25) is 5.91 Å². The van der Waals surface area contributed by atoms with Crippen molar-refractivity contribution in [1.29, 1.82) is 0 Å². The molecule has 3 heterocycles. The van der Waals surface area contributed by atoms with E-state index < -0.39 is 0 Å². The van der Waals surface area contributed by atoms with Crippen LogP contribution in [-0.4, -0.2) is 35.3 Å². The lowest BCUT2D eigenvalue weighted by molar-refractivity contribution is -0.120. The highest BCUT2D eigenvalue weighted by atomic mass is 16.3. The molecule has 0 bridgehead atoms. The number of hydrogen-bond donors (Lipinski definition) is 0. The lowest BCUT2D eigenvalue weighted by atomic mass is 9.95. The van der Waals surface area contributed by atoms with Crippen molar-refractivity contribution in [2.45, 2.75) is 45.2 Å². The average molecular weight is 338 g/mol. The van der Waals surface area contributed by atoms with E-state index in [1.54, 1.807) is 0 Å². The molecule has 1 aromatic heterocycles. The van der Waals surface area contributed by atoms with E-state index in [4.69, 9.17) is 4.42 Å². The molecule has 0 radical (unpaired) electrons. The first-order valence-corrected chi connectivity index (χ1v) is 8.81. The number of amides is 2. The molecule has 2 atom stereocenters. The second kappa shape index (κ2) is 6.06. The third-order valence-corrected chi connectivity index (χ3v) is 5.33. The Morgan fingerprint density at radius 1 is 1.12 bits per heavy atom. The summed E-state index contributed by atoms with van der Waals surface area (Å²) in [5, 5.41) is 0. The Labute approximate surface area is 147 Å². The Balaban J connectivity index is 1.62. The largest absolute Gasteiger partial charge is 0.466 e. The molecule has 0 N–H and O–H groups in total. The summed E-state index contributed by atoms with van der Waals surface area (Å²) >= 11 is 0. The summed E-state index contributed by atoms with van der Waals surface area (Å²) in [5.41, 5.74) is 1.56. The molecule has 5 heteroatoms. The summed E-state index contributed by atoms with van der Waals surface area (Å²) in [7, 11) is 0. The Bertz CT molecular complexity index is 812. The number of hydrogen-bond acceptors (Lipinski definition) is 3. The Morgan fingerprint density at radius 3 is 2.56 bits per heavy atom. The van der Waals surface area contributed by atoms with Crippen LogP contribution in [0.1, 0.15) is 41.1 Å². The minimum atomic E-state index is 0.0178. The van der Waals surface area contributed by atoms with Gasteiger partial charge in [0.1, 0.15) is 11.5 Å². The maximum Gasteiger partial charge on any atom is 0.257 e. The molecular weight excluding hydrogens is 316 g/mol. The molecule has 0 spiro atoms. The van der Waals surface area contributed by atoms with E-state index in [0.717, 1.165) is 24.3 Å². The van der Waals surface area contributed by atoms with Crippen molar-refractivity contribution >= 4 is 17.5 Å².